The monoisotopic (exact) mass is 569 g/mol. The Bertz CT molecular complexity index is 1520. The van der Waals surface area contributed by atoms with Crippen molar-refractivity contribution in [1.82, 2.24) is 25.4 Å². The third kappa shape index (κ3) is 6.48. The van der Waals surface area contributed by atoms with Crippen molar-refractivity contribution in [1.29, 1.82) is 0 Å². The molecule has 41 heavy (non-hydrogen) atoms. The van der Waals surface area contributed by atoms with Gasteiger partial charge in [0, 0.05) is 34.9 Å². The molecule has 2 aromatic carbocycles. The summed E-state index contributed by atoms with van der Waals surface area (Å²) in [5.74, 6) is 0.685. The van der Waals surface area contributed by atoms with E-state index >= 15 is 0 Å². The number of hydrogen-bond donors (Lipinski definition) is 2. The minimum atomic E-state index is -0.101. The zero-order valence-corrected chi connectivity index (χ0v) is 24.0. The van der Waals surface area contributed by atoms with Gasteiger partial charge in [-0.05, 0) is 93.3 Å². The van der Waals surface area contributed by atoms with Crippen LogP contribution in [0.15, 0.2) is 70.6 Å². The molecule has 0 bridgehead atoms. The molecule has 0 aliphatic carbocycles. The van der Waals surface area contributed by atoms with E-state index in [-0.39, 0.29) is 12.1 Å². The summed E-state index contributed by atoms with van der Waals surface area (Å²) in [5.41, 5.74) is 3.38. The predicted octanol–water partition coefficient (Wildman–Crippen LogP) is 5.94. The molecule has 2 aromatic heterocycles. The van der Waals surface area contributed by atoms with Crippen molar-refractivity contribution in [3.63, 3.8) is 0 Å². The van der Waals surface area contributed by atoms with E-state index in [0.717, 1.165) is 76.7 Å². The van der Waals surface area contributed by atoms with Crippen LogP contribution in [-0.4, -0.2) is 53.5 Å². The zero-order valence-electron chi connectivity index (χ0n) is 23.2. The molecular weight excluding hydrogens is 534 g/mol. The number of nitrogens with zero attached hydrogens (tertiary/aromatic N) is 3. The van der Waals surface area contributed by atoms with Crippen LogP contribution in [0.4, 0.5) is 0 Å². The van der Waals surface area contributed by atoms with Crippen LogP contribution in [0, 0.1) is 0 Å². The lowest BCUT2D eigenvalue weighted by molar-refractivity contribution is -0.0367. The maximum absolute atomic E-state index is 12.4. The number of nitrogens with one attached hydrogen (secondary N) is 2. The first kappa shape index (κ1) is 27.5. The summed E-state index contributed by atoms with van der Waals surface area (Å²) in [6.45, 7) is 2.47. The first-order chi connectivity index (χ1) is 20.2. The first-order valence-electron chi connectivity index (χ1n) is 14.3. The largest absolute Gasteiger partial charge is 0.490 e. The molecule has 9 heteroatoms. The Hall–Kier alpha value is -3.66. The number of carbonyl (C=O) groups excluding carboxylic acids is 1. The predicted molar refractivity (Wildman–Crippen MR) is 162 cm³/mol. The summed E-state index contributed by atoms with van der Waals surface area (Å²) in [5, 5.41) is 12.2. The molecule has 4 heterocycles. The van der Waals surface area contributed by atoms with Gasteiger partial charge < -0.3 is 20.1 Å². The Morgan fingerprint density at radius 1 is 1.15 bits per heavy atom. The van der Waals surface area contributed by atoms with Gasteiger partial charge in [0.2, 0.25) is 0 Å². The van der Waals surface area contributed by atoms with Gasteiger partial charge in [-0.2, -0.15) is 5.10 Å². The van der Waals surface area contributed by atoms with Gasteiger partial charge >= 0.3 is 0 Å². The molecule has 8 nitrogen and oxygen atoms in total. The molecule has 2 aliphatic rings. The standard InChI is InChI=1S/C32H35N5O3S/c1-33-32(38)27-8-2-3-9-30(27)41-25-14-15-26-28(36-37(29(26)19-25)31-10-4-5-18-39-31)16-12-22-11-13-24(20-35-22)40-21-23-7-6-17-34-23/h2-3,8-9,11-16,19-20,23,31,34H,4-7,10,17-18,21H2,1H3,(H,33,38)/b16-12+. The van der Waals surface area contributed by atoms with E-state index in [1.54, 1.807) is 25.0 Å². The summed E-state index contributed by atoms with van der Waals surface area (Å²) in [4.78, 5) is 18.9. The Morgan fingerprint density at radius 3 is 2.85 bits per heavy atom. The summed E-state index contributed by atoms with van der Waals surface area (Å²) in [7, 11) is 1.65. The molecule has 4 aromatic rings. The van der Waals surface area contributed by atoms with E-state index < -0.39 is 0 Å². The fourth-order valence-corrected chi connectivity index (χ4v) is 6.28. The molecule has 2 atom stereocenters. The molecule has 2 unspecified atom stereocenters. The van der Waals surface area contributed by atoms with Crippen LogP contribution >= 0.6 is 11.8 Å². The van der Waals surface area contributed by atoms with Crippen molar-refractivity contribution >= 4 is 40.7 Å². The van der Waals surface area contributed by atoms with Crippen LogP contribution in [-0.2, 0) is 4.74 Å². The zero-order chi connectivity index (χ0) is 28.0. The smallest absolute Gasteiger partial charge is 0.252 e. The minimum Gasteiger partial charge on any atom is -0.490 e. The highest BCUT2D eigenvalue weighted by molar-refractivity contribution is 7.99. The second-order valence-corrected chi connectivity index (χ2v) is 11.5. The number of carbonyl (C=O) groups is 1. The van der Waals surface area contributed by atoms with E-state index in [9.17, 15) is 4.79 Å². The molecule has 212 valence electrons. The topological polar surface area (TPSA) is 90.3 Å². The van der Waals surface area contributed by atoms with E-state index in [1.807, 2.05) is 53.2 Å². The van der Waals surface area contributed by atoms with Crippen molar-refractivity contribution in [2.75, 3.05) is 26.8 Å². The number of pyridine rings is 1. The number of amides is 1. The number of hydrogen-bond acceptors (Lipinski definition) is 7. The number of rotatable bonds is 9. The fourth-order valence-electron chi connectivity index (χ4n) is 5.30. The van der Waals surface area contributed by atoms with Gasteiger partial charge in [0.1, 0.15) is 12.4 Å². The Morgan fingerprint density at radius 2 is 2.07 bits per heavy atom. The van der Waals surface area contributed by atoms with Crippen molar-refractivity contribution in [2.24, 2.45) is 0 Å². The molecule has 0 spiro atoms. The van der Waals surface area contributed by atoms with Crippen LogP contribution in [0.25, 0.3) is 23.1 Å². The highest BCUT2D eigenvalue weighted by atomic mass is 32.2. The molecule has 2 N–H and O–H groups in total. The summed E-state index contributed by atoms with van der Waals surface area (Å²) >= 11 is 1.57. The quantitative estimate of drug-likeness (QED) is 0.258. The number of ether oxygens (including phenoxy) is 2. The lowest BCUT2D eigenvalue weighted by Gasteiger charge is -2.23. The third-order valence-electron chi connectivity index (χ3n) is 7.51. The van der Waals surface area contributed by atoms with Crippen LogP contribution < -0.4 is 15.4 Å². The van der Waals surface area contributed by atoms with Crippen molar-refractivity contribution < 1.29 is 14.3 Å². The molecule has 6 rings (SSSR count). The lowest BCUT2D eigenvalue weighted by Crippen LogP contribution is -2.28. The second kappa shape index (κ2) is 12.9. The van der Waals surface area contributed by atoms with Crippen molar-refractivity contribution in [3.05, 3.63) is 77.7 Å². The molecule has 0 saturated carbocycles. The number of benzene rings is 2. The Kier molecular flexibility index (Phi) is 8.65. The highest BCUT2D eigenvalue weighted by Gasteiger charge is 2.21. The van der Waals surface area contributed by atoms with Gasteiger partial charge in [0.15, 0.2) is 6.23 Å². The molecular formula is C32H35N5O3S. The van der Waals surface area contributed by atoms with Gasteiger partial charge in [-0.3, -0.25) is 9.78 Å². The van der Waals surface area contributed by atoms with Crippen LogP contribution in [0.5, 0.6) is 5.75 Å². The minimum absolute atomic E-state index is 0.0960. The summed E-state index contributed by atoms with van der Waals surface area (Å²) in [6.07, 6.45) is 11.2. The summed E-state index contributed by atoms with van der Waals surface area (Å²) in [6, 6.07) is 18.4. The normalized spacial score (nSPS) is 19.1. The average Bonchev–Trinajstić information content (AvgIpc) is 3.68. The van der Waals surface area contributed by atoms with Crippen molar-refractivity contribution in [3.8, 4) is 5.75 Å². The molecule has 2 aliphatic heterocycles. The fraction of sp³-hybridized carbons (Fsp3) is 0.344. The van der Waals surface area contributed by atoms with Crippen molar-refractivity contribution in [2.45, 2.75) is 54.2 Å². The average molecular weight is 570 g/mol. The van der Waals surface area contributed by atoms with E-state index in [1.165, 1.54) is 6.42 Å². The maximum Gasteiger partial charge on any atom is 0.252 e. The second-order valence-electron chi connectivity index (χ2n) is 10.4. The van der Waals surface area contributed by atoms with Gasteiger partial charge in [-0.15, -0.1) is 0 Å². The lowest BCUT2D eigenvalue weighted by atomic mass is 10.1. The maximum atomic E-state index is 12.4. The molecule has 1 amide bonds. The number of fused-ring (bicyclic) bond motifs is 1. The summed E-state index contributed by atoms with van der Waals surface area (Å²) < 4.78 is 14.1. The Labute approximate surface area is 244 Å². The first-order valence-corrected chi connectivity index (χ1v) is 15.1. The molecule has 2 fully saturated rings. The van der Waals surface area contributed by atoms with Gasteiger partial charge in [-0.1, -0.05) is 23.9 Å². The van der Waals surface area contributed by atoms with Gasteiger partial charge in [0.25, 0.3) is 5.91 Å². The highest BCUT2D eigenvalue weighted by Crippen LogP contribution is 2.35. The van der Waals surface area contributed by atoms with Crippen LogP contribution in [0.1, 0.15) is 60.1 Å². The van der Waals surface area contributed by atoms with Crippen LogP contribution in [0.2, 0.25) is 0 Å². The van der Waals surface area contributed by atoms with E-state index in [0.29, 0.717) is 18.2 Å². The molecule has 0 radical (unpaired) electrons. The SMILES string of the molecule is CNC(=O)c1ccccc1Sc1ccc2c(/C=C/c3ccc(OCC4CCCN4)cn3)nn(C3CCCCO3)c2c1. The van der Waals surface area contributed by atoms with E-state index in [2.05, 4.69) is 33.8 Å². The third-order valence-corrected chi connectivity index (χ3v) is 8.57. The van der Waals surface area contributed by atoms with E-state index in [4.69, 9.17) is 14.6 Å². The van der Waals surface area contributed by atoms with Crippen LogP contribution in [0.3, 0.4) is 0 Å². The van der Waals surface area contributed by atoms with Gasteiger partial charge in [0.05, 0.1) is 28.7 Å². The molecule has 2 saturated heterocycles. The Balaban J connectivity index is 1.25. The van der Waals surface area contributed by atoms with Gasteiger partial charge in [-0.25, -0.2) is 4.68 Å². The number of aromatic nitrogens is 3.